The van der Waals surface area contributed by atoms with Crippen LogP contribution in [-0.2, 0) is 6.42 Å². The lowest BCUT2D eigenvalue weighted by molar-refractivity contribution is -0.0812. The van der Waals surface area contributed by atoms with Crippen LogP contribution in [0.15, 0.2) is 30.9 Å². The van der Waals surface area contributed by atoms with Crippen LogP contribution in [0.3, 0.4) is 0 Å². The average molecular weight is 426 g/mol. The quantitative estimate of drug-likeness (QED) is 0.312. The zero-order valence-corrected chi connectivity index (χ0v) is 19.0. The van der Waals surface area contributed by atoms with Crippen molar-refractivity contribution in [2.45, 2.75) is 76.7 Å². The van der Waals surface area contributed by atoms with E-state index in [4.69, 9.17) is 5.26 Å². The molecule has 2 N–H and O–H groups in total. The summed E-state index contributed by atoms with van der Waals surface area (Å²) >= 11 is 1.36. The molecule has 3 nitrogen and oxygen atoms in total. The number of phenolic OH excluding ortho intramolecular Hbond substituents is 1. The van der Waals surface area contributed by atoms with Crippen molar-refractivity contribution < 1.29 is 10.2 Å². The Morgan fingerprint density at radius 2 is 2.13 bits per heavy atom. The van der Waals surface area contributed by atoms with Crippen molar-refractivity contribution in [1.29, 1.82) is 5.26 Å². The highest BCUT2D eigenvalue weighted by Gasteiger charge is 2.63. The second kappa shape index (κ2) is 8.60. The number of aliphatic hydroxyl groups is 1. The summed E-state index contributed by atoms with van der Waals surface area (Å²) in [5.41, 5.74) is 2.72. The van der Waals surface area contributed by atoms with E-state index in [1.54, 1.807) is 0 Å². The van der Waals surface area contributed by atoms with Crippen LogP contribution >= 0.6 is 11.8 Å². The largest absolute Gasteiger partial charge is 0.508 e. The zero-order valence-electron chi connectivity index (χ0n) is 18.1. The predicted molar refractivity (Wildman–Crippen MR) is 123 cm³/mol. The second-order valence-electron chi connectivity index (χ2n) is 10.1. The molecule has 6 atom stereocenters. The zero-order chi connectivity index (χ0) is 21.4. The maximum atomic E-state index is 11.0. The van der Waals surface area contributed by atoms with Gasteiger partial charge in [-0.05, 0) is 109 Å². The van der Waals surface area contributed by atoms with E-state index < -0.39 is 0 Å². The first-order chi connectivity index (χ1) is 14.5. The van der Waals surface area contributed by atoms with Crippen LogP contribution in [-0.4, -0.2) is 22.1 Å². The van der Waals surface area contributed by atoms with Crippen LogP contribution in [0.1, 0.15) is 75.3 Å². The molecule has 0 bridgehead atoms. The molecular formula is C26H35NO2S. The minimum absolute atomic E-state index is 0.0273. The smallest absolute Gasteiger partial charge is 0.133 e. The van der Waals surface area contributed by atoms with Crippen molar-refractivity contribution in [3.8, 4) is 11.2 Å². The van der Waals surface area contributed by atoms with E-state index in [0.717, 1.165) is 57.1 Å². The van der Waals surface area contributed by atoms with E-state index in [1.165, 1.54) is 29.3 Å². The number of nitriles is 1. The summed E-state index contributed by atoms with van der Waals surface area (Å²) in [7, 11) is 0. The highest BCUT2D eigenvalue weighted by molar-refractivity contribution is 8.03. The monoisotopic (exact) mass is 425 g/mol. The summed E-state index contributed by atoms with van der Waals surface area (Å²) in [5, 5.41) is 32.0. The van der Waals surface area contributed by atoms with Crippen LogP contribution in [0.5, 0.6) is 5.75 Å². The maximum absolute atomic E-state index is 11.0. The van der Waals surface area contributed by atoms with Gasteiger partial charge in [0.1, 0.15) is 11.2 Å². The first-order valence-corrected chi connectivity index (χ1v) is 12.6. The average Bonchev–Trinajstić information content (AvgIpc) is 3.04. The first-order valence-electron chi connectivity index (χ1n) is 11.6. The summed E-state index contributed by atoms with van der Waals surface area (Å²) in [6.07, 6.45) is 11.7. The third-order valence-corrected chi connectivity index (χ3v) is 9.36. The third-order valence-electron chi connectivity index (χ3n) is 8.74. The molecule has 0 unspecified atom stereocenters. The lowest BCUT2D eigenvalue weighted by Crippen LogP contribution is -2.54. The van der Waals surface area contributed by atoms with E-state index in [1.807, 2.05) is 12.1 Å². The number of unbranched alkanes of at least 4 members (excludes halogenated alkanes) is 2. The molecule has 30 heavy (non-hydrogen) atoms. The fourth-order valence-electron chi connectivity index (χ4n) is 7.50. The predicted octanol–water partition coefficient (Wildman–Crippen LogP) is 6.17. The number of nitrogens with zero attached hydrogens (tertiary/aromatic N) is 1. The molecule has 0 aromatic heterocycles. The highest BCUT2D eigenvalue weighted by Crippen LogP contribution is 2.69. The number of thiocyanates is 1. The Hall–Kier alpha value is -1.44. The maximum Gasteiger partial charge on any atom is 0.133 e. The molecule has 0 aliphatic heterocycles. The van der Waals surface area contributed by atoms with E-state index in [2.05, 4.69) is 31.0 Å². The summed E-state index contributed by atoms with van der Waals surface area (Å²) in [4.78, 5) is 0. The normalized spacial score (nSPS) is 37.0. The van der Waals surface area contributed by atoms with Crippen molar-refractivity contribution in [1.82, 2.24) is 0 Å². The number of rotatable bonds is 7. The van der Waals surface area contributed by atoms with Gasteiger partial charge in [-0.3, -0.25) is 0 Å². The van der Waals surface area contributed by atoms with Gasteiger partial charge >= 0.3 is 0 Å². The van der Waals surface area contributed by atoms with Crippen LogP contribution in [0.4, 0.5) is 0 Å². The van der Waals surface area contributed by atoms with Gasteiger partial charge in [-0.1, -0.05) is 31.9 Å². The third kappa shape index (κ3) is 3.49. The highest BCUT2D eigenvalue weighted by atomic mass is 32.2. The molecule has 0 radical (unpaired) electrons. The molecule has 162 valence electrons. The molecule has 4 rings (SSSR count). The van der Waals surface area contributed by atoms with Gasteiger partial charge in [-0.15, -0.1) is 6.58 Å². The minimum Gasteiger partial charge on any atom is -0.508 e. The van der Waals surface area contributed by atoms with Gasteiger partial charge in [0.25, 0.3) is 0 Å². The van der Waals surface area contributed by atoms with Crippen molar-refractivity contribution in [3.63, 3.8) is 0 Å². The molecule has 0 spiro atoms. The van der Waals surface area contributed by atoms with E-state index in [-0.39, 0.29) is 16.9 Å². The lowest BCUT2D eigenvalue weighted by Gasteiger charge is -2.60. The SMILES string of the molecule is C=C[C@@]12CCc3cc(O)ccc3[C@H]1[C@@H](CCCCCSC#N)C[C@@]1(C)[C@H]2CC[C@@H]1O. The fraction of sp³-hybridized carbons (Fsp3) is 0.654. The minimum atomic E-state index is -0.212. The number of phenols is 1. The molecule has 2 fully saturated rings. The number of hydrogen-bond acceptors (Lipinski definition) is 4. The number of thioether (sulfide) groups is 1. The van der Waals surface area contributed by atoms with Crippen LogP contribution in [0.25, 0.3) is 0 Å². The summed E-state index contributed by atoms with van der Waals surface area (Å²) in [6.45, 7) is 6.70. The number of hydrogen-bond donors (Lipinski definition) is 2. The molecule has 0 saturated heterocycles. The Labute approximate surface area is 185 Å². The number of fused-ring (bicyclic) bond motifs is 5. The Kier molecular flexibility index (Phi) is 6.24. The molecule has 1 aromatic carbocycles. The lowest BCUT2D eigenvalue weighted by atomic mass is 9.44. The van der Waals surface area contributed by atoms with Crippen molar-refractivity contribution in [2.24, 2.45) is 22.7 Å². The van der Waals surface area contributed by atoms with Gasteiger partial charge in [0.15, 0.2) is 0 Å². The van der Waals surface area contributed by atoms with Crippen LogP contribution in [0, 0.1) is 33.3 Å². The van der Waals surface area contributed by atoms with Gasteiger partial charge in [0.05, 0.1) is 6.10 Å². The molecule has 3 aliphatic rings. The summed E-state index contributed by atoms with van der Waals surface area (Å²) in [5.74, 6) is 2.71. The van der Waals surface area contributed by atoms with Crippen molar-refractivity contribution in [2.75, 3.05) is 5.75 Å². The topological polar surface area (TPSA) is 64.2 Å². The van der Waals surface area contributed by atoms with Crippen molar-refractivity contribution >= 4 is 11.8 Å². The Morgan fingerprint density at radius 1 is 1.30 bits per heavy atom. The number of aromatic hydroxyl groups is 1. The molecule has 4 heteroatoms. The van der Waals surface area contributed by atoms with Crippen LogP contribution in [0.2, 0.25) is 0 Å². The van der Waals surface area contributed by atoms with E-state index in [0.29, 0.717) is 23.5 Å². The standard InChI is InChI=1S/C26H35NO2S/c1-3-26-13-12-18-15-20(28)8-9-21(18)24(26)19(7-5-4-6-14-30-17-27)16-25(2)22(26)10-11-23(25)29/h3,8-9,15,19,22-24,28-29H,1,4-7,10-14,16H2,2H3/t19-,22+,23-,24+,25-,26-/m0/s1. The van der Waals surface area contributed by atoms with Gasteiger partial charge in [-0.25, -0.2) is 0 Å². The molecule has 0 amide bonds. The second-order valence-corrected chi connectivity index (χ2v) is 11.0. The number of aryl methyl sites for hydroxylation is 1. The number of benzene rings is 1. The Balaban J connectivity index is 1.66. The van der Waals surface area contributed by atoms with Gasteiger partial charge in [-0.2, -0.15) is 5.26 Å². The molecule has 3 aliphatic carbocycles. The fourth-order valence-corrected chi connectivity index (χ4v) is 7.93. The van der Waals surface area contributed by atoms with Gasteiger partial charge < -0.3 is 10.2 Å². The molecular weight excluding hydrogens is 390 g/mol. The summed E-state index contributed by atoms with van der Waals surface area (Å²) < 4.78 is 0. The number of allylic oxidation sites excluding steroid dienone is 1. The molecule has 0 heterocycles. The Morgan fingerprint density at radius 3 is 2.90 bits per heavy atom. The number of aliphatic hydroxyl groups excluding tert-OH is 1. The Bertz CT molecular complexity index is 833. The first kappa shape index (κ1) is 21.8. The van der Waals surface area contributed by atoms with Crippen LogP contribution < -0.4 is 0 Å². The van der Waals surface area contributed by atoms with E-state index >= 15 is 0 Å². The van der Waals surface area contributed by atoms with E-state index in [9.17, 15) is 10.2 Å². The van der Waals surface area contributed by atoms with Gasteiger partial charge in [0, 0.05) is 5.75 Å². The summed E-state index contributed by atoms with van der Waals surface area (Å²) in [6, 6.07) is 5.98. The molecule has 1 aromatic rings. The molecule has 2 saturated carbocycles. The van der Waals surface area contributed by atoms with Crippen molar-refractivity contribution in [3.05, 3.63) is 42.0 Å². The van der Waals surface area contributed by atoms with Gasteiger partial charge in [0.2, 0.25) is 0 Å².